The zero-order chi connectivity index (χ0) is 13.1. The van der Waals surface area contributed by atoms with Crippen LogP contribution in [0, 0.1) is 5.82 Å². The van der Waals surface area contributed by atoms with E-state index in [0.29, 0.717) is 11.5 Å². The molecule has 0 atom stereocenters. The van der Waals surface area contributed by atoms with E-state index in [2.05, 4.69) is 0 Å². The van der Waals surface area contributed by atoms with Crippen molar-refractivity contribution in [3.8, 4) is 11.5 Å². The van der Waals surface area contributed by atoms with E-state index in [9.17, 15) is 4.39 Å². The first-order valence-electron chi connectivity index (χ1n) is 5.80. The molecule has 0 aromatic heterocycles. The van der Waals surface area contributed by atoms with Crippen molar-refractivity contribution >= 4 is 0 Å². The van der Waals surface area contributed by atoms with E-state index >= 15 is 0 Å². The third-order valence-corrected chi connectivity index (χ3v) is 2.64. The van der Waals surface area contributed by atoms with Crippen LogP contribution in [0.15, 0.2) is 61.1 Å². The van der Waals surface area contributed by atoms with Crippen LogP contribution in [-0.2, 0) is 9.47 Å². The van der Waals surface area contributed by atoms with Gasteiger partial charge in [0.1, 0.15) is 29.8 Å². The van der Waals surface area contributed by atoms with E-state index in [0.717, 1.165) is 5.56 Å². The molecule has 3 rings (SSSR count). The Labute approximate surface area is 109 Å². The fourth-order valence-corrected chi connectivity index (χ4v) is 1.76. The molecule has 1 aliphatic heterocycles. The van der Waals surface area contributed by atoms with Gasteiger partial charge >= 0.3 is 0 Å². The van der Waals surface area contributed by atoms with E-state index in [1.807, 2.05) is 24.3 Å². The predicted octanol–water partition coefficient (Wildman–Crippen LogP) is 4.13. The molecule has 0 spiro atoms. The van der Waals surface area contributed by atoms with Crippen molar-refractivity contribution in [2.75, 3.05) is 0 Å². The van der Waals surface area contributed by atoms with Crippen LogP contribution in [0.1, 0.15) is 11.9 Å². The Morgan fingerprint density at radius 1 is 0.895 bits per heavy atom. The van der Waals surface area contributed by atoms with Gasteiger partial charge in [-0.25, -0.2) is 4.39 Å². The molecule has 96 valence electrons. The van der Waals surface area contributed by atoms with Crippen LogP contribution in [0.25, 0.3) is 0 Å². The maximum absolute atomic E-state index is 12.8. The van der Waals surface area contributed by atoms with Crippen LogP contribution in [-0.4, -0.2) is 0 Å². The topological polar surface area (TPSA) is 27.7 Å². The molecule has 1 heterocycles. The third kappa shape index (κ3) is 2.68. The van der Waals surface area contributed by atoms with Gasteiger partial charge in [-0.05, 0) is 36.4 Å². The standard InChI is InChI=1S/C15H11FO3/c16-12-4-6-13(7-5-12)19-14-3-1-2-11(10-14)15-17-8-9-18-15/h1-10,15H. The molecule has 19 heavy (non-hydrogen) atoms. The molecule has 0 amide bonds. The average molecular weight is 258 g/mol. The lowest BCUT2D eigenvalue weighted by atomic mass is 10.2. The van der Waals surface area contributed by atoms with Gasteiger partial charge in [0.05, 0.1) is 0 Å². The number of hydrogen-bond acceptors (Lipinski definition) is 3. The summed E-state index contributed by atoms with van der Waals surface area (Å²) in [6, 6.07) is 13.2. The summed E-state index contributed by atoms with van der Waals surface area (Å²) in [6.45, 7) is 0. The molecule has 2 aromatic carbocycles. The third-order valence-electron chi connectivity index (χ3n) is 2.64. The minimum Gasteiger partial charge on any atom is -0.457 e. The Morgan fingerprint density at radius 3 is 2.37 bits per heavy atom. The summed E-state index contributed by atoms with van der Waals surface area (Å²) in [5, 5.41) is 0. The molecule has 0 N–H and O–H groups in total. The van der Waals surface area contributed by atoms with Crippen LogP contribution in [0.5, 0.6) is 11.5 Å². The molecular formula is C15H11FO3. The molecule has 0 saturated carbocycles. The van der Waals surface area contributed by atoms with Crippen molar-refractivity contribution in [3.05, 3.63) is 72.4 Å². The summed E-state index contributed by atoms with van der Waals surface area (Å²) in [5.74, 6) is 0.924. The van der Waals surface area contributed by atoms with Crippen molar-refractivity contribution in [3.63, 3.8) is 0 Å². The molecule has 0 bridgehead atoms. The SMILES string of the molecule is Fc1ccc(Oc2cccc(C3OC=CO3)c2)cc1. The molecule has 2 aromatic rings. The number of benzene rings is 2. The fraction of sp³-hybridized carbons (Fsp3) is 0.0667. The molecule has 0 saturated heterocycles. The quantitative estimate of drug-likeness (QED) is 0.828. The van der Waals surface area contributed by atoms with Gasteiger partial charge < -0.3 is 14.2 Å². The van der Waals surface area contributed by atoms with Gasteiger partial charge in [0.2, 0.25) is 0 Å². The number of halogens is 1. The lowest BCUT2D eigenvalue weighted by Gasteiger charge is -2.12. The number of ether oxygens (including phenoxy) is 3. The van der Waals surface area contributed by atoms with Crippen LogP contribution < -0.4 is 4.74 Å². The predicted molar refractivity (Wildman–Crippen MR) is 67.0 cm³/mol. The van der Waals surface area contributed by atoms with Crippen molar-refractivity contribution in [2.45, 2.75) is 6.29 Å². The lowest BCUT2D eigenvalue weighted by Crippen LogP contribution is -1.97. The lowest BCUT2D eigenvalue weighted by molar-refractivity contribution is -0.0247. The first kappa shape index (κ1) is 11.6. The van der Waals surface area contributed by atoms with Gasteiger partial charge in [-0.1, -0.05) is 12.1 Å². The first-order valence-corrected chi connectivity index (χ1v) is 5.80. The summed E-state index contributed by atoms with van der Waals surface area (Å²) in [7, 11) is 0. The molecule has 0 radical (unpaired) electrons. The second-order valence-electron chi connectivity index (χ2n) is 4.00. The summed E-state index contributed by atoms with van der Waals surface area (Å²) in [6.07, 6.45) is 2.56. The minimum atomic E-state index is -0.434. The Morgan fingerprint density at radius 2 is 1.63 bits per heavy atom. The molecule has 0 unspecified atom stereocenters. The zero-order valence-corrected chi connectivity index (χ0v) is 9.95. The van der Waals surface area contributed by atoms with Gasteiger partial charge in [-0.15, -0.1) is 0 Å². The molecule has 1 aliphatic rings. The summed E-state index contributed by atoms with van der Waals surface area (Å²) < 4.78 is 28.9. The Balaban J connectivity index is 1.77. The van der Waals surface area contributed by atoms with Crippen LogP contribution in [0.3, 0.4) is 0 Å². The fourth-order valence-electron chi connectivity index (χ4n) is 1.76. The van der Waals surface area contributed by atoms with Gasteiger partial charge in [-0.3, -0.25) is 0 Å². The van der Waals surface area contributed by atoms with Crippen LogP contribution in [0.2, 0.25) is 0 Å². The highest BCUT2D eigenvalue weighted by molar-refractivity contribution is 5.34. The minimum absolute atomic E-state index is 0.292. The van der Waals surface area contributed by atoms with Crippen molar-refractivity contribution < 1.29 is 18.6 Å². The second-order valence-corrected chi connectivity index (χ2v) is 4.00. The van der Waals surface area contributed by atoms with Crippen LogP contribution >= 0.6 is 0 Å². The number of hydrogen-bond donors (Lipinski definition) is 0. The highest BCUT2D eigenvalue weighted by Crippen LogP contribution is 2.28. The summed E-state index contributed by atoms with van der Waals surface area (Å²) in [4.78, 5) is 0. The van der Waals surface area contributed by atoms with Crippen LogP contribution in [0.4, 0.5) is 4.39 Å². The van der Waals surface area contributed by atoms with Gasteiger partial charge in [0.15, 0.2) is 0 Å². The first-order chi connectivity index (χ1) is 9.31. The van der Waals surface area contributed by atoms with E-state index in [1.54, 1.807) is 12.1 Å². The Bertz CT molecular complexity index is 585. The molecule has 3 nitrogen and oxygen atoms in total. The normalized spacial score (nSPS) is 13.9. The van der Waals surface area contributed by atoms with E-state index in [4.69, 9.17) is 14.2 Å². The van der Waals surface area contributed by atoms with Gasteiger partial charge in [-0.2, -0.15) is 0 Å². The molecule has 4 heteroatoms. The highest BCUT2D eigenvalue weighted by Gasteiger charge is 2.15. The maximum Gasteiger partial charge on any atom is 0.266 e. The van der Waals surface area contributed by atoms with Crippen molar-refractivity contribution in [2.24, 2.45) is 0 Å². The smallest absolute Gasteiger partial charge is 0.266 e. The summed E-state index contributed by atoms with van der Waals surface area (Å²) in [5.41, 5.74) is 0.851. The number of rotatable bonds is 3. The largest absolute Gasteiger partial charge is 0.457 e. The van der Waals surface area contributed by atoms with Crippen molar-refractivity contribution in [1.82, 2.24) is 0 Å². The monoisotopic (exact) mass is 258 g/mol. The highest BCUT2D eigenvalue weighted by atomic mass is 19.1. The maximum atomic E-state index is 12.8. The second kappa shape index (κ2) is 5.02. The van der Waals surface area contributed by atoms with Crippen molar-refractivity contribution in [1.29, 1.82) is 0 Å². The van der Waals surface area contributed by atoms with Gasteiger partial charge in [0.25, 0.3) is 6.29 Å². The Hall–Kier alpha value is -2.49. The van der Waals surface area contributed by atoms with E-state index < -0.39 is 6.29 Å². The zero-order valence-electron chi connectivity index (χ0n) is 9.95. The van der Waals surface area contributed by atoms with Gasteiger partial charge in [0, 0.05) is 5.56 Å². The molecule has 0 aliphatic carbocycles. The average Bonchev–Trinajstić information content (AvgIpc) is 2.96. The molecular weight excluding hydrogens is 247 g/mol. The summed E-state index contributed by atoms with van der Waals surface area (Å²) >= 11 is 0. The Kier molecular flexibility index (Phi) is 3.06. The van der Waals surface area contributed by atoms with E-state index in [-0.39, 0.29) is 5.82 Å². The molecule has 0 fully saturated rings. The van der Waals surface area contributed by atoms with E-state index in [1.165, 1.54) is 24.7 Å².